The standard InChI is InChI=1S/C19H18F2O6/c20-19(21,12-22)16(27-18(25)14-9-5-2-6-10-14)15(23)11-26-17(24)13-7-3-1-4-8-13/h1-10,15-16,22-23H,11-12H2/t15-,16?/m1/s1. The van der Waals surface area contributed by atoms with Crippen LogP contribution in [0.2, 0.25) is 0 Å². The van der Waals surface area contributed by atoms with Crippen molar-refractivity contribution in [2.75, 3.05) is 13.2 Å². The van der Waals surface area contributed by atoms with Crippen molar-refractivity contribution in [2.24, 2.45) is 0 Å². The van der Waals surface area contributed by atoms with Gasteiger partial charge in [0.25, 0.3) is 0 Å². The summed E-state index contributed by atoms with van der Waals surface area (Å²) in [6.45, 7) is -2.51. The molecule has 2 atom stereocenters. The molecule has 0 aromatic heterocycles. The second kappa shape index (κ2) is 9.20. The van der Waals surface area contributed by atoms with Crippen molar-refractivity contribution < 1.29 is 38.1 Å². The number of hydrogen-bond donors (Lipinski definition) is 2. The molecule has 2 aromatic rings. The maximum Gasteiger partial charge on any atom is 0.338 e. The third-order valence-corrected chi connectivity index (χ3v) is 3.61. The van der Waals surface area contributed by atoms with E-state index in [2.05, 4.69) is 0 Å². The van der Waals surface area contributed by atoms with Crippen LogP contribution in [-0.4, -0.2) is 53.5 Å². The van der Waals surface area contributed by atoms with E-state index in [-0.39, 0.29) is 11.1 Å². The van der Waals surface area contributed by atoms with Crippen LogP contribution in [0.1, 0.15) is 20.7 Å². The molecule has 0 aliphatic rings. The van der Waals surface area contributed by atoms with Crippen LogP contribution in [0, 0.1) is 0 Å². The van der Waals surface area contributed by atoms with Crippen molar-refractivity contribution in [3.05, 3.63) is 71.8 Å². The summed E-state index contributed by atoms with van der Waals surface area (Å²) >= 11 is 0. The molecule has 27 heavy (non-hydrogen) atoms. The SMILES string of the molecule is O=C(OC[C@@H](O)C(OC(=O)c1ccccc1)C(F)(F)CO)c1ccccc1. The van der Waals surface area contributed by atoms with E-state index < -0.39 is 43.3 Å². The minimum atomic E-state index is -3.94. The van der Waals surface area contributed by atoms with Gasteiger partial charge in [-0.3, -0.25) is 0 Å². The molecule has 2 rings (SSSR count). The molecule has 0 radical (unpaired) electrons. The van der Waals surface area contributed by atoms with E-state index in [1.165, 1.54) is 36.4 Å². The van der Waals surface area contributed by atoms with Crippen LogP contribution >= 0.6 is 0 Å². The van der Waals surface area contributed by atoms with Gasteiger partial charge in [0.15, 0.2) is 6.10 Å². The molecule has 0 aliphatic carbocycles. The van der Waals surface area contributed by atoms with Gasteiger partial charge in [0, 0.05) is 0 Å². The van der Waals surface area contributed by atoms with E-state index in [4.69, 9.17) is 14.6 Å². The van der Waals surface area contributed by atoms with Gasteiger partial charge < -0.3 is 19.7 Å². The van der Waals surface area contributed by atoms with Crippen molar-refractivity contribution >= 4 is 11.9 Å². The Morgan fingerprint density at radius 2 is 1.41 bits per heavy atom. The Labute approximate surface area is 154 Å². The van der Waals surface area contributed by atoms with Gasteiger partial charge in [0.1, 0.15) is 19.3 Å². The smallest absolute Gasteiger partial charge is 0.338 e. The van der Waals surface area contributed by atoms with E-state index in [1.54, 1.807) is 24.3 Å². The quantitative estimate of drug-likeness (QED) is 0.681. The molecule has 0 heterocycles. The number of benzene rings is 2. The Morgan fingerprint density at radius 1 is 0.926 bits per heavy atom. The van der Waals surface area contributed by atoms with Crippen LogP contribution in [0.3, 0.4) is 0 Å². The lowest BCUT2D eigenvalue weighted by Crippen LogP contribution is -2.50. The molecule has 0 spiro atoms. The molecule has 0 fully saturated rings. The summed E-state index contributed by atoms with van der Waals surface area (Å²) < 4.78 is 37.4. The highest BCUT2D eigenvalue weighted by molar-refractivity contribution is 5.90. The summed E-state index contributed by atoms with van der Waals surface area (Å²) in [4.78, 5) is 23.9. The van der Waals surface area contributed by atoms with Crippen LogP contribution in [0.15, 0.2) is 60.7 Å². The molecule has 0 amide bonds. The maximum absolute atomic E-state index is 14.0. The Balaban J connectivity index is 2.06. The predicted molar refractivity (Wildman–Crippen MR) is 90.4 cm³/mol. The number of halogens is 2. The van der Waals surface area contributed by atoms with Gasteiger partial charge >= 0.3 is 17.9 Å². The molecule has 0 aliphatic heterocycles. The van der Waals surface area contributed by atoms with Crippen LogP contribution in [0.4, 0.5) is 8.78 Å². The molecule has 144 valence electrons. The molecular weight excluding hydrogens is 362 g/mol. The van der Waals surface area contributed by atoms with Gasteiger partial charge in [-0.25, -0.2) is 9.59 Å². The number of aliphatic hydroxyl groups excluding tert-OH is 2. The predicted octanol–water partition coefficient (Wildman–Crippen LogP) is 2.06. The number of aliphatic hydroxyl groups is 2. The number of alkyl halides is 2. The molecule has 0 bridgehead atoms. The summed E-state index contributed by atoms with van der Waals surface area (Å²) in [5.41, 5.74) is 0.154. The summed E-state index contributed by atoms with van der Waals surface area (Å²) in [7, 11) is 0. The van der Waals surface area contributed by atoms with Gasteiger partial charge in [-0.2, -0.15) is 8.78 Å². The number of hydrogen-bond acceptors (Lipinski definition) is 6. The Bertz CT molecular complexity index is 751. The molecule has 0 saturated carbocycles. The minimum Gasteiger partial charge on any atom is -0.459 e. The third-order valence-electron chi connectivity index (χ3n) is 3.61. The van der Waals surface area contributed by atoms with Gasteiger partial charge in [0.2, 0.25) is 0 Å². The van der Waals surface area contributed by atoms with Crippen molar-refractivity contribution in [1.82, 2.24) is 0 Å². The van der Waals surface area contributed by atoms with Gasteiger partial charge in [0.05, 0.1) is 11.1 Å². The monoisotopic (exact) mass is 380 g/mol. The highest BCUT2D eigenvalue weighted by Crippen LogP contribution is 2.25. The second-order valence-corrected chi connectivity index (χ2v) is 5.64. The summed E-state index contributed by atoms with van der Waals surface area (Å²) in [5.74, 6) is -5.89. The van der Waals surface area contributed by atoms with Crippen molar-refractivity contribution in [1.29, 1.82) is 0 Å². The molecule has 0 saturated heterocycles. The Morgan fingerprint density at radius 3 is 1.89 bits per heavy atom. The highest BCUT2D eigenvalue weighted by Gasteiger charge is 2.47. The van der Waals surface area contributed by atoms with Crippen molar-refractivity contribution in [3.8, 4) is 0 Å². The number of esters is 2. The molecular formula is C19H18F2O6. The molecule has 8 heteroatoms. The fourth-order valence-electron chi connectivity index (χ4n) is 2.20. The minimum absolute atomic E-state index is 0.00952. The average Bonchev–Trinajstić information content (AvgIpc) is 2.70. The topological polar surface area (TPSA) is 93.1 Å². The molecule has 2 aromatic carbocycles. The first-order valence-corrected chi connectivity index (χ1v) is 8.00. The van der Waals surface area contributed by atoms with Crippen molar-refractivity contribution in [2.45, 2.75) is 18.1 Å². The zero-order valence-electron chi connectivity index (χ0n) is 14.1. The lowest BCUT2D eigenvalue weighted by molar-refractivity contribution is -0.179. The maximum atomic E-state index is 14.0. The van der Waals surface area contributed by atoms with E-state index in [0.717, 1.165) is 0 Å². The number of carbonyl (C=O) groups excluding carboxylic acids is 2. The number of carbonyl (C=O) groups is 2. The van der Waals surface area contributed by atoms with Gasteiger partial charge in [-0.15, -0.1) is 0 Å². The zero-order chi connectivity index (χ0) is 19.9. The fourth-order valence-corrected chi connectivity index (χ4v) is 2.20. The lowest BCUT2D eigenvalue weighted by atomic mass is 10.1. The van der Waals surface area contributed by atoms with Gasteiger partial charge in [-0.05, 0) is 24.3 Å². The Kier molecular flexibility index (Phi) is 6.98. The fraction of sp³-hybridized carbons (Fsp3) is 0.263. The van der Waals surface area contributed by atoms with Crippen LogP contribution in [-0.2, 0) is 9.47 Å². The third kappa shape index (κ3) is 5.57. The molecule has 6 nitrogen and oxygen atoms in total. The van der Waals surface area contributed by atoms with E-state index >= 15 is 0 Å². The number of rotatable bonds is 8. The zero-order valence-corrected chi connectivity index (χ0v) is 14.1. The van der Waals surface area contributed by atoms with Crippen LogP contribution in [0.25, 0.3) is 0 Å². The first kappa shape index (κ1) is 20.5. The Hall–Kier alpha value is -2.84. The normalized spacial score (nSPS) is 13.5. The first-order chi connectivity index (χ1) is 12.8. The summed E-state index contributed by atoms with van der Waals surface area (Å²) in [5, 5.41) is 18.9. The first-order valence-electron chi connectivity index (χ1n) is 8.00. The lowest BCUT2D eigenvalue weighted by Gasteiger charge is -2.28. The van der Waals surface area contributed by atoms with E-state index in [9.17, 15) is 23.5 Å². The average molecular weight is 380 g/mol. The van der Waals surface area contributed by atoms with Crippen LogP contribution in [0.5, 0.6) is 0 Å². The molecule has 1 unspecified atom stereocenters. The number of ether oxygens (including phenoxy) is 2. The highest BCUT2D eigenvalue weighted by atomic mass is 19.3. The van der Waals surface area contributed by atoms with Crippen LogP contribution < -0.4 is 0 Å². The summed E-state index contributed by atoms with van der Waals surface area (Å²) in [6.07, 6.45) is -4.45. The van der Waals surface area contributed by atoms with Crippen molar-refractivity contribution in [3.63, 3.8) is 0 Å². The molecule has 2 N–H and O–H groups in total. The van der Waals surface area contributed by atoms with E-state index in [1.807, 2.05) is 0 Å². The van der Waals surface area contributed by atoms with E-state index in [0.29, 0.717) is 0 Å². The summed E-state index contributed by atoms with van der Waals surface area (Å²) in [6, 6.07) is 15.1. The van der Waals surface area contributed by atoms with Gasteiger partial charge in [-0.1, -0.05) is 36.4 Å². The second-order valence-electron chi connectivity index (χ2n) is 5.64. The largest absolute Gasteiger partial charge is 0.459 e.